The number of likely N-dealkylation sites (tertiary alicyclic amines) is 1. The van der Waals surface area contributed by atoms with E-state index in [4.69, 9.17) is 5.11 Å². The van der Waals surface area contributed by atoms with E-state index >= 15 is 0 Å². The highest BCUT2D eigenvalue weighted by atomic mass is 16.3. The van der Waals surface area contributed by atoms with Crippen molar-refractivity contribution in [1.82, 2.24) is 15.1 Å². The molecule has 1 aromatic carbocycles. The average molecular weight is 333 g/mol. The van der Waals surface area contributed by atoms with Gasteiger partial charge in [0.15, 0.2) is 0 Å². The molecule has 1 aliphatic heterocycles. The third-order valence-electron chi connectivity index (χ3n) is 5.03. The highest BCUT2D eigenvalue weighted by Gasteiger charge is 2.22. The minimum absolute atomic E-state index is 0.0318. The molecule has 1 aliphatic rings. The summed E-state index contributed by atoms with van der Waals surface area (Å²) >= 11 is 0. The Morgan fingerprint density at radius 2 is 2.00 bits per heavy atom. The number of hydrogen-bond acceptors (Lipinski definition) is 3. The molecular formula is C19H31N3O2. The van der Waals surface area contributed by atoms with E-state index in [1.807, 2.05) is 11.0 Å². The van der Waals surface area contributed by atoms with Crippen LogP contribution in [0.1, 0.15) is 31.7 Å². The second-order valence-corrected chi connectivity index (χ2v) is 6.88. The zero-order valence-corrected chi connectivity index (χ0v) is 14.9. The van der Waals surface area contributed by atoms with E-state index in [2.05, 4.69) is 48.5 Å². The molecular weight excluding hydrogens is 302 g/mol. The van der Waals surface area contributed by atoms with Crippen molar-refractivity contribution in [3.8, 4) is 0 Å². The number of aliphatic hydroxyl groups excluding tert-OH is 1. The molecule has 0 radical (unpaired) electrons. The van der Waals surface area contributed by atoms with Gasteiger partial charge in [-0.05, 0) is 44.7 Å². The van der Waals surface area contributed by atoms with Crippen molar-refractivity contribution in [3.05, 3.63) is 35.9 Å². The minimum Gasteiger partial charge on any atom is -0.396 e. The topological polar surface area (TPSA) is 55.8 Å². The quantitative estimate of drug-likeness (QED) is 0.805. The molecule has 2 rings (SSSR count). The van der Waals surface area contributed by atoms with Crippen LogP contribution in [0, 0.1) is 5.92 Å². The number of benzene rings is 1. The molecule has 1 atom stereocenters. The molecule has 1 heterocycles. The molecule has 0 aliphatic carbocycles. The highest BCUT2D eigenvalue weighted by molar-refractivity contribution is 5.74. The summed E-state index contributed by atoms with van der Waals surface area (Å²) in [5.41, 5.74) is 1.31. The number of nitrogens with one attached hydrogen (secondary N) is 1. The lowest BCUT2D eigenvalue weighted by Gasteiger charge is -2.31. The summed E-state index contributed by atoms with van der Waals surface area (Å²) in [5, 5.41) is 12.2. The Hall–Kier alpha value is -1.59. The Morgan fingerprint density at radius 1 is 1.33 bits per heavy atom. The van der Waals surface area contributed by atoms with Gasteiger partial charge in [0.1, 0.15) is 0 Å². The zero-order chi connectivity index (χ0) is 17.4. The van der Waals surface area contributed by atoms with Gasteiger partial charge in [-0.3, -0.25) is 4.90 Å². The summed E-state index contributed by atoms with van der Waals surface area (Å²) in [6.07, 6.45) is 2.74. The number of carbonyl (C=O) groups is 1. The molecule has 24 heavy (non-hydrogen) atoms. The second-order valence-electron chi connectivity index (χ2n) is 6.88. The van der Waals surface area contributed by atoms with Crippen molar-refractivity contribution in [3.63, 3.8) is 0 Å². The number of nitrogens with zero attached hydrogens (tertiary/aromatic N) is 2. The molecule has 1 fully saturated rings. The maximum Gasteiger partial charge on any atom is 0.317 e. The number of piperidine rings is 1. The molecule has 5 heteroatoms. The minimum atomic E-state index is 0.0318. The molecule has 5 nitrogen and oxygen atoms in total. The summed E-state index contributed by atoms with van der Waals surface area (Å²) < 4.78 is 0. The van der Waals surface area contributed by atoms with Crippen molar-refractivity contribution in [1.29, 1.82) is 0 Å². The number of urea groups is 1. The highest BCUT2D eigenvalue weighted by Crippen LogP contribution is 2.16. The summed E-state index contributed by atoms with van der Waals surface area (Å²) in [6, 6.07) is 10.9. The van der Waals surface area contributed by atoms with E-state index < -0.39 is 0 Å². The molecule has 0 spiro atoms. The Bertz CT molecular complexity index is 487. The molecule has 1 aromatic rings. The number of hydrogen-bond donors (Lipinski definition) is 2. The van der Waals surface area contributed by atoms with Crippen molar-refractivity contribution in [2.45, 2.75) is 38.8 Å². The van der Waals surface area contributed by atoms with E-state index in [9.17, 15) is 4.79 Å². The predicted octanol–water partition coefficient (Wildman–Crippen LogP) is 2.31. The Morgan fingerprint density at radius 3 is 2.62 bits per heavy atom. The summed E-state index contributed by atoms with van der Waals surface area (Å²) in [6.45, 7) is 5.55. The summed E-state index contributed by atoms with van der Waals surface area (Å²) in [7, 11) is 2.12. The molecule has 0 saturated carbocycles. The Kier molecular flexibility index (Phi) is 7.53. The zero-order valence-electron chi connectivity index (χ0n) is 14.9. The van der Waals surface area contributed by atoms with Crippen LogP contribution in [0.2, 0.25) is 0 Å². The first-order valence-electron chi connectivity index (χ1n) is 8.98. The van der Waals surface area contributed by atoms with Crippen LogP contribution < -0.4 is 5.32 Å². The van der Waals surface area contributed by atoms with E-state index in [1.165, 1.54) is 5.56 Å². The van der Waals surface area contributed by atoms with Crippen LogP contribution in [0.3, 0.4) is 0 Å². The molecule has 2 N–H and O–H groups in total. The van der Waals surface area contributed by atoms with Gasteiger partial charge in [-0.15, -0.1) is 0 Å². The summed E-state index contributed by atoms with van der Waals surface area (Å²) in [5.74, 6) is 0.362. The molecule has 134 valence electrons. The van der Waals surface area contributed by atoms with Crippen LogP contribution in [-0.2, 0) is 6.54 Å². The monoisotopic (exact) mass is 333 g/mol. The van der Waals surface area contributed by atoms with Gasteiger partial charge in [0.2, 0.25) is 0 Å². The Labute approximate surface area is 145 Å². The fourth-order valence-corrected chi connectivity index (χ4v) is 3.07. The average Bonchev–Trinajstić information content (AvgIpc) is 2.62. The van der Waals surface area contributed by atoms with Crippen molar-refractivity contribution in [2.24, 2.45) is 5.92 Å². The summed E-state index contributed by atoms with van der Waals surface area (Å²) in [4.78, 5) is 16.4. The lowest BCUT2D eigenvalue weighted by atomic mass is 9.98. The van der Waals surface area contributed by atoms with Gasteiger partial charge in [-0.25, -0.2) is 4.79 Å². The number of carbonyl (C=O) groups excluding carboxylic acids is 1. The van der Waals surface area contributed by atoms with Crippen molar-refractivity contribution in [2.75, 3.05) is 33.3 Å². The van der Waals surface area contributed by atoms with Gasteiger partial charge < -0.3 is 15.3 Å². The fraction of sp³-hybridized carbons (Fsp3) is 0.632. The van der Waals surface area contributed by atoms with Gasteiger partial charge in [0.25, 0.3) is 0 Å². The van der Waals surface area contributed by atoms with Gasteiger partial charge in [-0.2, -0.15) is 0 Å². The van der Waals surface area contributed by atoms with Gasteiger partial charge in [0, 0.05) is 38.8 Å². The van der Waals surface area contributed by atoms with Crippen LogP contribution in [0.4, 0.5) is 4.79 Å². The number of amides is 2. The van der Waals surface area contributed by atoms with E-state index in [-0.39, 0.29) is 12.6 Å². The molecule has 0 aromatic heterocycles. The van der Waals surface area contributed by atoms with Crippen LogP contribution in [0.15, 0.2) is 30.3 Å². The van der Waals surface area contributed by atoms with Gasteiger partial charge >= 0.3 is 6.03 Å². The molecule has 0 bridgehead atoms. The van der Waals surface area contributed by atoms with Gasteiger partial charge in [0.05, 0.1) is 0 Å². The smallest absolute Gasteiger partial charge is 0.317 e. The lowest BCUT2D eigenvalue weighted by molar-refractivity contribution is 0.136. The third kappa shape index (κ3) is 5.80. The molecule has 2 amide bonds. The van der Waals surface area contributed by atoms with Gasteiger partial charge in [-0.1, -0.05) is 30.3 Å². The lowest BCUT2D eigenvalue weighted by Crippen LogP contribution is -2.45. The van der Waals surface area contributed by atoms with E-state index in [0.29, 0.717) is 18.5 Å². The van der Waals surface area contributed by atoms with Crippen molar-refractivity contribution < 1.29 is 9.90 Å². The maximum atomic E-state index is 12.2. The fourth-order valence-electron chi connectivity index (χ4n) is 3.07. The van der Waals surface area contributed by atoms with E-state index in [1.54, 1.807) is 0 Å². The number of aliphatic hydroxyl groups is 1. The largest absolute Gasteiger partial charge is 0.396 e. The SMILES string of the molecule is CC(CCNC(=O)N1CCC(CO)CC1)N(C)Cc1ccccc1. The molecule has 1 unspecified atom stereocenters. The second kappa shape index (κ2) is 9.64. The van der Waals surface area contributed by atoms with Crippen LogP contribution in [0.5, 0.6) is 0 Å². The normalized spacial score (nSPS) is 17.1. The first-order chi connectivity index (χ1) is 11.6. The van der Waals surface area contributed by atoms with Crippen LogP contribution in [0.25, 0.3) is 0 Å². The van der Waals surface area contributed by atoms with Crippen molar-refractivity contribution >= 4 is 6.03 Å². The Balaban J connectivity index is 1.65. The van der Waals surface area contributed by atoms with Crippen LogP contribution >= 0.6 is 0 Å². The predicted molar refractivity (Wildman–Crippen MR) is 96.8 cm³/mol. The first-order valence-corrected chi connectivity index (χ1v) is 8.98. The number of rotatable bonds is 7. The standard InChI is InChI=1S/C19H31N3O2/c1-16(21(2)14-17-6-4-3-5-7-17)8-11-20-19(24)22-12-9-18(15-23)10-13-22/h3-7,16,18,23H,8-15H2,1-2H3,(H,20,24). The molecule has 1 saturated heterocycles. The van der Waals surface area contributed by atoms with E-state index in [0.717, 1.165) is 38.9 Å². The van der Waals surface area contributed by atoms with Crippen LogP contribution in [-0.4, -0.2) is 60.3 Å². The maximum absolute atomic E-state index is 12.2. The first kappa shape index (κ1) is 18.7. The third-order valence-corrected chi connectivity index (χ3v) is 5.03.